The van der Waals surface area contributed by atoms with Crippen LogP contribution in [0.2, 0.25) is 0 Å². The number of esters is 1. The molecule has 17 heavy (non-hydrogen) atoms. The van der Waals surface area contributed by atoms with Gasteiger partial charge in [-0.25, -0.2) is 0 Å². The minimum atomic E-state index is -0.263. The van der Waals surface area contributed by atoms with Crippen molar-refractivity contribution in [3.63, 3.8) is 0 Å². The molecule has 0 unspecified atom stereocenters. The van der Waals surface area contributed by atoms with Crippen LogP contribution in [0.3, 0.4) is 0 Å². The Bertz CT molecular complexity index is 214. The first-order valence-electron chi connectivity index (χ1n) is 6.86. The fourth-order valence-corrected chi connectivity index (χ4v) is 1.69. The van der Waals surface area contributed by atoms with E-state index in [4.69, 9.17) is 10.1 Å². The fourth-order valence-electron chi connectivity index (χ4n) is 1.69. The van der Waals surface area contributed by atoms with E-state index >= 15 is 0 Å². The van der Waals surface area contributed by atoms with Gasteiger partial charge in [-0.15, -0.1) is 0 Å². The molecule has 0 aromatic rings. The van der Waals surface area contributed by atoms with E-state index in [1.165, 1.54) is 38.5 Å². The average Bonchev–Trinajstić information content (AvgIpc) is 2.26. The summed E-state index contributed by atoms with van der Waals surface area (Å²) in [5.74, 6) is -0.263. The summed E-state index contributed by atoms with van der Waals surface area (Å²) in [5.41, 5.74) is 0.367. The molecule has 0 saturated heterocycles. The van der Waals surface area contributed by atoms with E-state index < -0.39 is 0 Å². The predicted octanol–water partition coefficient (Wildman–Crippen LogP) is 4.10. The van der Waals surface area contributed by atoms with Crippen LogP contribution in [0.4, 0.5) is 0 Å². The summed E-state index contributed by atoms with van der Waals surface area (Å²) < 4.78 is 5.02. The van der Waals surface area contributed by atoms with Gasteiger partial charge in [-0.2, -0.15) is 0 Å². The Kier molecular flexibility index (Phi) is 11.0. The number of unbranched alkanes of at least 4 members (excludes halogenated alkanes) is 7. The van der Waals surface area contributed by atoms with E-state index in [-0.39, 0.29) is 12.4 Å². The minimum absolute atomic E-state index is 0.136. The van der Waals surface area contributed by atoms with Gasteiger partial charge in [0, 0.05) is 5.71 Å². The molecule has 0 saturated carbocycles. The summed E-state index contributed by atoms with van der Waals surface area (Å²) in [5, 5.41) is 7.15. The van der Waals surface area contributed by atoms with Crippen molar-refractivity contribution < 1.29 is 9.53 Å². The van der Waals surface area contributed by atoms with Crippen molar-refractivity contribution in [3.8, 4) is 0 Å². The topological polar surface area (TPSA) is 50.2 Å². The lowest BCUT2D eigenvalue weighted by atomic mass is 10.1. The molecule has 0 aliphatic carbocycles. The fraction of sp³-hybridized carbons (Fsp3) is 0.857. The molecular weight excluding hydrogens is 214 g/mol. The molecule has 3 nitrogen and oxygen atoms in total. The van der Waals surface area contributed by atoms with E-state index in [0.29, 0.717) is 12.3 Å². The highest BCUT2D eigenvalue weighted by Crippen LogP contribution is 2.08. The Labute approximate surface area is 105 Å². The SMILES string of the molecule is CCCCCCCCCCOC(=O)CC(C)=N. The van der Waals surface area contributed by atoms with Crippen molar-refractivity contribution in [2.45, 2.75) is 71.6 Å². The normalized spacial score (nSPS) is 10.2. The molecule has 0 radical (unpaired) electrons. The maximum absolute atomic E-state index is 11.1. The Morgan fingerprint density at radius 2 is 1.53 bits per heavy atom. The summed E-state index contributed by atoms with van der Waals surface area (Å²) in [6, 6.07) is 0. The van der Waals surface area contributed by atoms with Crippen LogP contribution in [0.15, 0.2) is 0 Å². The molecule has 0 aliphatic rings. The third-order valence-corrected chi connectivity index (χ3v) is 2.67. The van der Waals surface area contributed by atoms with Crippen LogP contribution in [-0.2, 0) is 9.53 Å². The summed E-state index contributed by atoms with van der Waals surface area (Å²) >= 11 is 0. The lowest BCUT2D eigenvalue weighted by Crippen LogP contribution is -2.09. The van der Waals surface area contributed by atoms with Gasteiger partial charge >= 0.3 is 5.97 Å². The number of carbonyl (C=O) groups excluding carboxylic acids is 1. The van der Waals surface area contributed by atoms with Gasteiger partial charge in [-0.05, 0) is 13.3 Å². The van der Waals surface area contributed by atoms with Crippen LogP contribution in [-0.4, -0.2) is 18.3 Å². The van der Waals surface area contributed by atoms with Gasteiger partial charge in [0.05, 0.1) is 13.0 Å². The second kappa shape index (κ2) is 11.6. The zero-order valence-electron chi connectivity index (χ0n) is 11.4. The summed E-state index contributed by atoms with van der Waals surface area (Å²) in [4.78, 5) is 11.1. The number of hydrogen-bond acceptors (Lipinski definition) is 3. The van der Waals surface area contributed by atoms with E-state index in [0.717, 1.165) is 12.8 Å². The van der Waals surface area contributed by atoms with Gasteiger partial charge in [0.2, 0.25) is 0 Å². The maximum Gasteiger partial charge on any atom is 0.311 e. The molecule has 1 N–H and O–H groups in total. The summed E-state index contributed by atoms with van der Waals surface area (Å²) in [6.45, 7) is 4.36. The molecule has 0 heterocycles. The van der Waals surface area contributed by atoms with Gasteiger partial charge < -0.3 is 10.1 Å². The number of ether oxygens (including phenoxy) is 1. The van der Waals surface area contributed by atoms with E-state index in [2.05, 4.69) is 6.92 Å². The van der Waals surface area contributed by atoms with Crippen LogP contribution in [0, 0.1) is 5.41 Å². The lowest BCUT2D eigenvalue weighted by molar-refractivity contribution is -0.142. The largest absolute Gasteiger partial charge is 0.465 e. The predicted molar refractivity (Wildman–Crippen MR) is 71.6 cm³/mol. The molecule has 0 aromatic heterocycles. The monoisotopic (exact) mass is 241 g/mol. The first kappa shape index (κ1) is 16.1. The first-order valence-corrected chi connectivity index (χ1v) is 6.86. The first-order chi connectivity index (χ1) is 8.16. The van der Waals surface area contributed by atoms with Crippen LogP contribution >= 0.6 is 0 Å². The highest BCUT2D eigenvalue weighted by molar-refractivity contribution is 5.95. The van der Waals surface area contributed by atoms with E-state index in [9.17, 15) is 4.79 Å². The van der Waals surface area contributed by atoms with E-state index in [1.54, 1.807) is 6.92 Å². The standard InChI is InChI=1S/C14H27NO2/c1-3-4-5-6-7-8-9-10-11-17-14(16)12-13(2)15/h15H,3-12H2,1-2H3. The highest BCUT2D eigenvalue weighted by Gasteiger charge is 2.02. The van der Waals surface area contributed by atoms with E-state index in [1.807, 2.05) is 0 Å². The van der Waals surface area contributed by atoms with Gasteiger partial charge in [0.15, 0.2) is 0 Å². The third-order valence-electron chi connectivity index (χ3n) is 2.67. The average molecular weight is 241 g/mol. The molecular formula is C14H27NO2. The van der Waals surface area contributed by atoms with Crippen molar-refractivity contribution in [2.75, 3.05) is 6.61 Å². The molecule has 0 rings (SSSR count). The molecule has 100 valence electrons. The van der Waals surface area contributed by atoms with Crippen molar-refractivity contribution >= 4 is 11.7 Å². The lowest BCUT2D eigenvalue weighted by Gasteiger charge is -2.04. The summed E-state index contributed by atoms with van der Waals surface area (Å²) in [6.07, 6.45) is 10.1. The molecule has 0 amide bonds. The maximum atomic E-state index is 11.1. The van der Waals surface area contributed by atoms with Gasteiger partial charge in [0.1, 0.15) is 0 Å². The second-order valence-electron chi connectivity index (χ2n) is 4.65. The Morgan fingerprint density at radius 1 is 1.00 bits per heavy atom. The van der Waals surface area contributed by atoms with Crippen LogP contribution in [0.1, 0.15) is 71.6 Å². The smallest absolute Gasteiger partial charge is 0.311 e. The van der Waals surface area contributed by atoms with Gasteiger partial charge in [-0.3, -0.25) is 4.79 Å². The zero-order valence-corrected chi connectivity index (χ0v) is 11.4. The number of rotatable bonds is 11. The van der Waals surface area contributed by atoms with Crippen molar-refractivity contribution in [1.82, 2.24) is 0 Å². The second-order valence-corrected chi connectivity index (χ2v) is 4.65. The third kappa shape index (κ3) is 13.1. The van der Waals surface area contributed by atoms with Crippen molar-refractivity contribution in [1.29, 1.82) is 5.41 Å². The Morgan fingerprint density at radius 3 is 2.06 bits per heavy atom. The van der Waals surface area contributed by atoms with Crippen molar-refractivity contribution in [2.24, 2.45) is 0 Å². The minimum Gasteiger partial charge on any atom is -0.465 e. The van der Waals surface area contributed by atoms with Crippen LogP contribution in [0.25, 0.3) is 0 Å². The molecule has 0 aliphatic heterocycles. The molecule has 0 bridgehead atoms. The highest BCUT2D eigenvalue weighted by atomic mass is 16.5. The molecule has 3 heteroatoms. The molecule has 0 aromatic carbocycles. The number of carbonyl (C=O) groups is 1. The molecule has 0 atom stereocenters. The number of nitrogens with one attached hydrogen (secondary N) is 1. The molecule has 0 spiro atoms. The van der Waals surface area contributed by atoms with Gasteiger partial charge in [0.25, 0.3) is 0 Å². The van der Waals surface area contributed by atoms with Crippen molar-refractivity contribution in [3.05, 3.63) is 0 Å². The zero-order chi connectivity index (χ0) is 12.9. The summed E-state index contributed by atoms with van der Waals surface area (Å²) in [7, 11) is 0. The van der Waals surface area contributed by atoms with Crippen LogP contribution in [0.5, 0.6) is 0 Å². The quantitative estimate of drug-likeness (QED) is 0.336. The Balaban J connectivity index is 3.13. The molecule has 0 fully saturated rings. The van der Waals surface area contributed by atoms with Crippen LogP contribution < -0.4 is 0 Å². The number of hydrogen-bond donors (Lipinski definition) is 1. The Hall–Kier alpha value is -0.860. The van der Waals surface area contributed by atoms with Gasteiger partial charge in [-0.1, -0.05) is 51.9 Å².